The number of aromatic nitrogens is 1. The molecular formula is C67H60N2. The number of benzene rings is 9. The summed E-state index contributed by atoms with van der Waals surface area (Å²) in [5.74, 6) is 0.482. The summed E-state index contributed by atoms with van der Waals surface area (Å²) < 4.78 is 2.50. The van der Waals surface area contributed by atoms with Crippen molar-refractivity contribution < 1.29 is 0 Å². The third-order valence-corrected chi connectivity index (χ3v) is 14.2. The Balaban J connectivity index is 1.15. The topological polar surface area (TPSA) is 8.17 Å². The first-order valence-electron chi connectivity index (χ1n) is 24.6. The number of anilines is 3. The standard InChI is InChI=1S/C67H60N2/c1-45-22-17-28-52(40-45)69-62-38-16-13-32-59(62)65-55(34-21-39-63(65)69)48-27-18-29-53(43-48)68(60-36-14-11-30-54(60)46-23-9-8-10-24-46)61-37-15-12-31-57(61)58-35-20-26-47-25-19-33-56(64(47)58)49-41-50(66(2,3)4)44-51(42-49)67(5,6)7/h8-39,41-45H,40H2,1-7H3. The fourth-order valence-electron chi connectivity index (χ4n) is 10.7. The van der Waals surface area contributed by atoms with E-state index in [0.29, 0.717) is 5.92 Å². The highest BCUT2D eigenvalue weighted by Gasteiger charge is 2.26. The maximum absolute atomic E-state index is 2.50. The van der Waals surface area contributed by atoms with Gasteiger partial charge in [0.05, 0.1) is 22.4 Å². The van der Waals surface area contributed by atoms with E-state index in [1.54, 1.807) is 0 Å². The van der Waals surface area contributed by atoms with Gasteiger partial charge in [0.2, 0.25) is 0 Å². The summed E-state index contributed by atoms with van der Waals surface area (Å²) in [6, 6.07) is 74.7. The lowest BCUT2D eigenvalue weighted by Gasteiger charge is -2.30. The van der Waals surface area contributed by atoms with Crippen LogP contribution in [0.5, 0.6) is 0 Å². The van der Waals surface area contributed by atoms with Crippen molar-refractivity contribution in [3.63, 3.8) is 0 Å². The molecule has 0 amide bonds. The van der Waals surface area contributed by atoms with Crippen LogP contribution in [0.2, 0.25) is 0 Å². The quantitative estimate of drug-likeness (QED) is 0.148. The molecule has 69 heavy (non-hydrogen) atoms. The number of hydrogen-bond acceptors (Lipinski definition) is 1. The van der Waals surface area contributed by atoms with Crippen molar-refractivity contribution in [3.05, 3.63) is 230 Å². The van der Waals surface area contributed by atoms with E-state index in [1.807, 2.05) is 0 Å². The van der Waals surface area contributed by atoms with Crippen molar-refractivity contribution in [1.29, 1.82) is 0 Å². The normalized spacial score (nSPS) is 14.1. The third kappa shape index (κ3) is 8.08. The first kappa shape index (κ1) is 43.9. The average molecular weight is 893 g/mol. The fraction of sp³-hybridized carbons (Fsp3) is 0.164. The number of para-hydroxylation sites is 3. The number of allylic oxidation sites excluding steroid dienone is 4. The zero-order valence-corrected chi connectivity index (χ0v) is 41.0. The minimum absolute atomic E-state index is 0.0109. The summed E-state index contributed by atoms with van der Waals surface area (Å²) in [4.78, 5) is 2.50. The van der Waals surface area contributed by atoms with Crippen LogP contribution in [0.1, 0.15) is 66.0 Å². The molecule has 1 aliphatic rings. The van der Waals surface area contributed by atoms with Gasteiger partial charge in [-0.2, -0.15) is 0 Å². The molecule has 1 unspecified atom stereocenters. The molecule has 11 rings (SSSR count). The molecule has 10 aromatic rings. The molecule has 0 fully saturated rings. The van der Waals surface area contributed by atoms with E-state index < -0.39 is 0 Å². The summed E-state index contributed by atoms with van der Waals surface area (Å²) in [6.07, 6.45) is 7.83. The summed E-state index contributed by atoms with van der Waals surface area (Å²) in [7, 11) is 0. The van der Waals surface area contributed by atoms with Crippen LogP contribution in [0.4, 0.5) is 17.1 Å². The van der Waals surface area contributed by atoms with E-state index in [9.17, 15) is 0 Å². The third-order valence-electron chi connectivity index (χ3n) is 14.2. The zero-order chi connectivity index (χ0) is 47.4. The Hall–Kier alpha value is -7.68. The van der Waals surface area contributed by atoms with Crippen molar-refractivity contribution in [2.45, 2.75) is 65.7 Å². The molecule has 1 aliphatic carbocycles. The summed E-state index contributed by atoms with van der Waals surface area (Å²) in [5.41, 5.74) is 19.4. The molecule has 338 valence electrons. The van der Waals surface area contributed by atoms with Gasteiger partial charge in [0.1, 0.15) is 0 Å². The average Bonchev–Trinajstić information content (AvgIpc) is 3.71. The van der Waals surface area contributed by atoms with Gasteiger partial charge in [0.25, 0.3) is 0 Å². The maximum atomic E-state index is 2.50. The van der Waals surface area contributed by atoms with Crippen molar-refractivity contribution >= 4 is 55.3 Å². The van der Waals surface area contributed by atoms with Crippen molar-refractivity contribution in [1.82, 2.24) is 4.57 Å². The zero-order valence-electron chi connectivity index (χ0n) is 41.0. The van der Waals surface area contributed by atoms with Crippen LogP contribution in [0, 0.1) is 5.92 Å². The largest absolute Gasteiger partial charge is 0.313 e. The van der Waals surface area contributed by atoms with Gasteiger partial charge in [0, 0.05) is 33.3 Å². The molecule has 1 atom stereocenters. The predicted octanol–water partition coefficient (Wildman–Crippen LogP) is 19.1. The molecule has 0 saturated heterocycles. The molecule has 0 saturated carbocycles. The lowest BCUT2D eigenvalue weighted by atomic mass is 9.78. The SMILES string of the molecule is CC1C=CC=C(n2c3ccccc3c3c(-c4cccc(N(c5ccccc5-c5ccccc5)c5ccccc5-c5cccc6cccc(-c7cc(C(C)(C)C)cc(C(C)(C)C)c7)c56)c4)cccc32)C1. The molecule has 2 heteroatoms. The highest BCUT2D eigenvalue weighted by atomic mass is 15.1. The molecular weight excluding hydrogens is 833 g/mol. The lowest BCUT2D eigenvalue weighted by molar-refractivity contribution is 0.569. The van der Waals surface area contributed by atoms with Crippen molar-refractivity contribution in [3.8, 4) is 44.5 Å². The smallest absolute Gasteiger partial charge is 0.0544 e. The maximum Gasteiger partial charge on any atom is 0.0544 e. The Morgan fingerprint density at radius 1 is 0.449 bits per heavy atom. The van der Waals surface area contributed by atoms with Crippen LogP contribution in [0.25, 0.3) is 82.8 Å². The van der Waals surface area contributed by atoms with Crippen molar-refractivity contribution in [2.24, 2.45) is 5.92 Å². The Labute approximate surface area is 408 Å². The van der Waals surface area contributed by atoms with Gasteiger partial charge in [-0.25, -0.2) is 0 Å². The van der Waals surface area contributed by atoms with E-state index in [2.05, 4.69) is 276 Å². The lowest BCUT2D eigenvalue weighted by Crippen LogP contribution is -2.16. The van der Waals surface area contributed by atoms with Gasteiger partial charge in [-0.3, -0.25) is 0 Å². The molecule has 0 bridgehead atoms. The van der Waals surface area contributed by atoms with E-state index >= 15 is 0 Å². The van der Waals surface area contributed by atoms with E-state index in [-0.39, 0.29) is 10.8 Å². The first-order chi connectivity index (χ1) is 33.4. The fourth-order valence-corrected chi connectivity index (χ4v) is 10.7. The monoisotopic (exact) mass is 892 g/mol. The van der Waals surface area contributed by atoms with Gasteiger partial charge < -0.3 is 9.47 Å². The molecule has 1 aromatic heterocycles. The first-order valence-corrected chi connectivity index (χ1v) is 24.6. The van der Waals surface area contributed by atoms with E-state index in [4.69, 9.17) is 0 Å². The highest BCUT2D eigenvalue weighted by molar-refractivity contribution is 6.17. The number of rotatable bonds is 8. The Bertz CT molecular complexity index is 3590. The summed E-state index contributed by atoms with van der Waals surface area (Å²) in [6.45, 7) is 16.3. The molecule has 0 aliphatic heterocycles. The molecule has 9 aromatic carbocycles. The van der Waals surface area contributed by atoms with Gasteiger partial charge in [-0.15, -0.1) is 0 Å². The molecule has 0 N–H and O–H groups in total. The second kappa shape index (κ2) is 17.4. The highest BCUT2D eigenvalue weighted by Crippen LogP contribution is 2.49. The Morgan fingerprint density at radius 2 is 1.00 bits per heavy atom. The van der Waals surface area contributed by atoms with Crippen LogP contribution in [-0.4, -0.2) is 4.57 Å². The summed E-state index contributed by atoms with van der Waals surface area (Å²) >= 11 is 0. The van der Waals surface area contributed by atoms with Crippen LogP contribution in [0.15, 0.2) is 218 Å². The van der Waals surface area contributed by atoms with Crippen LogP contribution < -0.4 is 4.90 Å². The van der Waals surface area contributed by atoms with Gasteiger partial charge >= 0.3 is 0 Å². The van der Waals surface area contributed by atoms with Crippen LogP contribution in [0.3, 0.4) is 0 Å². The van der Waals surface area contributed by atoms with Gasteiger partial charge in [-0.1, -0.05) is 224 Å². The number of fused-ring (bicyclic) bond motifs is 4. The van der Waals surface area contributed by atoms with Gasteiger partial charge in [0.15, 0.2) is 0 Å². The van der Waals surface area contributed by atoms with Gasteiger partial charge in [-0.05, 0) is 121 Å². The second-order valence-corrected chi connectivity index (χ2v) is 21.1. The van der Waals surface area contributed by atoms with E-state index in [0.717, 1.165) is 23.5 Å². The summed E-state index contributed by atoms with van der Waals surface area (Å²) in [5, 5.41) is 5.02. The molecule has 0 radical (unpaired) electrons. The molecule has 2 nitrogen and oxygen atoms in total. The predicted molar refractivity (Wildman–Crippen MR) is 298 cm³/mol. The number of hydrogen-bond donors (Lipinski definition) is 0. The Kier molecular flexibility index (Phi) is 11.1. The minimum atomic E-state index is -0.0109. The van der Waals surface area contributed by atoms with Crippen LogP contribution in [-0.2, 0) is 10.8 Å². The second-order valence-electron chi connectivity index (χ2n) is 21.1. The van der Waals surface area contributed by atoms with Crippen LogP contribution >= 0.6 is 0 Å². The van der Waals surface area contributed by atoms with E-state index in [1.165, 1.54) is 93.9 Å². The number of nitrogens with zero attached hydrogens (tertiary/aromatic N) is 2. The minimum Gasteiger partial charge on any atom is -0.313 e. The Morgan fingerprint density at radius 3 is 1.71 bits per heavy atom. The molecule has 0 spiro atoms. The van der Waals surface area contributed by atoms with Crippen molar-refractivity contribution in [2.75, 3.05) is 4.90 Å². The molecule has 1 heterocycles.